The van der Waals surface area contributed by atoms with Crippen LogP contribution in [0.25, 0.3) is 21.9 Å². The average molecular weight is 319 g/mol. The van der Waals surface area contributed by atoms with Crippen LogP contribution in [0.2, 0.25) is 0 Å². The Hall–Kier alpha value is -1.81. The fraction of sp³-hybridized carbons (Fsp3) is 0.133. The molecule has 3 aromatic rings. The van der Waals surface area contributed by atoms with Crippen LogP contribution in [0.1, 0.15) is 5.56 Å². The SMILES string of the molecule is COc1ccc2c(=O)c3cccc(CBr)c3oc2c1. The number of alkyl halides is 1. The van der Waals surface area contributed by atoms with Crippen molar-refractivity contribution in [3.8, 4) is 5.75 Å². The maximum Gasteiger partial charge on any atom is 0.200 e. The van der Waals surface area contributed by atoms with Gasteiger partial charge in [-0.05, 0) is 18.2 Å². The van der Waals surface area contributed by atoms with E-state index >= 15 is 0 Å². The summed E-state index contributed by atoms with van der Waals surface area (Å²) in [6.45, 7) is 0. The Morgan fingerprint density at radius 1 is 1.21 bits per heavy atom. The Morgan fingerprint density at radius 2 is 2.05 bits per heavy atom. The second-order valence-electron chi connectivity index (χ2n) is 4.22. The molecule has 0 bridgehead atoms. The van der Waals surface area contributed by atoms with Gasteiger partial charge in [-0.1, -0.05) is 28.1 Å². The lowest BCUT2D eigenvalue weighted by Gasteiger charge is -2.06. The van der Waals surface area contributed by atoms with E-state index in [1.807, 2.05) is 12.1 Å². The van der Waals surface area contributed by atoms with E-state index in [-0.39, 0.29) is 5.43 Å². The highest BCUT2D eigenvalue weighted by atomic mass is 79.9. The average Bonchev–Trinajstić information content (AvgIpc) is 2.46. The van der Waals surface area contributed by atoms with Crippen LogP contribution in [-0.4, -0.2) is 7.11 Å². The van der Waals surface area contributed by atoms with Crippen LogP contribution in [-0.2, 0) is 5.33 Å². The third-order valence-electron chi connectivity index (χ3n) is 3.13. The highest BCUT2D eigenvalue weighted by Crippen LogP contribution is 2.25. The van der Waals surface area contributed by atoms with Crippen LogP contribution in [0.5, 0.6) is 5.75 Å². The standard InChI is InChI=1S/C15H11BrO3/c1-18-10-5-6-11-13(7-10)19-15-9(8-16)3-2-4-12(15)14(11)17/h2-7H,8H2,1H3. The maximum atomic E-state index is 12.4. The molecule has 4 heteroatoms. The summed E-state index contributed by atoms with van der Waals surface area (Å²) in [6, 6.07) is 10.8. The van der Waals surface area contributed by atoms with Crippen LogP contribution in [0.15, 0.2) is 45.6 Å². The zero-order valence-electron chi connectivity index (χ0n) is 10.3. The van der Waals surface area contributed by atoms with Crippen molar-refractivity contribution in [3.63, 3.8) is 0 Å². The molecule has 19 heavy (non-hydrogen) atoms. The van der Waals surface area contributed by atoms with Crippen molar-refractivity contribution in [2.24, 2.45) is 0 Å². The van der Waals surface area contributed by atoms with Gasteiger partial charge in [0.05, 0.1) is 17.9 Å². The van der Waals surface area contributed by atoms with E-state index in [9.17, 15) is 4.79 Å². The van der Waals surface area contributed by atoms with Crippen molar-refractivity contribution in [1.82, 2.24) is 0 Å². The van der Waals surface area contributed by atoms with Crippen molar-refractivity contribution in [2.45, 2.75) is 5.33 Å². The van der Waals surface area contributed by atoms with Crippen LogP contribution < -0.4 is 10.2 Å². The van der Waals surface area contributed by atoms with Gasteiger partial charge in [-0.25, -0.2) is 0 Å². The minimum Gasteiger partial charge on any atom is -0.497 e. The topological polar surface area (TPSA) is 39.4 Å². The second kappa shape index (κ2) is 4.70. The molecule has 0 unspecified atom stereocenters. The molecule has 0 atom stereocenters. The summed E-state index contributed by atoms with van der Waals surface area (Å²) in [5, 5.41) is 1.82. The number of hydrogen-bond donors (Lipinski definition) is 0. The molecule has 0 spiro atoms. The van der Waals surface area contributed by atoms with Gasteiger partial charge in [0.25, 0.3) is 0 Å². The van der Waals surface area contributed by atoms with Gasteiger partial charge in [0.15, 0.2) is 0 Å². The summed E-state index contributed by atoms with van der Waals surface area (Å²) < 4.78 is 11.0. The molecule has 1 heterocycles. The number of benzene rings is 2. The molecule has 96 valence electrons. The van der Waals surface area contributed by atoms with Crippen molar-refractivity contribution >= 4 is 37.9 Å². The quantitative estimate of drug-likeness (QED) is 0.532. The maximum absolute atomic E-state index is 12.4. The molecule has 3 nitrogen and oxygen atoms in total. The number of fused-ring (bicyclic) bond motifs is 2. The monoisotopic (exact) mass is 318 g/mol. The van der Waals surface area contributed by atoms with Gasteiger partial charge in [0.2, 0.25) is 5.43 Å². The van der Waals surface area contributed by atoms with Crippen molar-refractivity contribution < 1.29 is 9.15 Å². The van der Waals surface area contributed by atoms with E-state index in [1.165, 1.54) is 0 Å². The summed E-state index contributed by atoms with van der Waals surface area (Å²) in [4.78, 5) is 12.4. The summed E-state index contributed by atoms with van der Waals surface area (Å²) >= 11 is 3.41. The number of halogens is 1. The number of rotatable bonds is 2. The van der Waals surface area contributed by atoms with Crippen molar-refractivity contribution in [2.75, 3.05) is 7.11 Å². The first-order valence-electron chi connectivity index (χ1n) is 5.83. The van der Waals surface area contributed by atoms with Gasteiger partial charge < -0.3 is 9.15 Å². The molecule has 3 rings (SSSR count). The zero-order valence-corrected chi connectivity index (χ0v) is 11.9. The Kier molecular flexibility index (Phi) is 3.03. The van der Waals surface area contributed by atoms with Crippen molar-refractivity contribution in [1.29, 1.82) is 0 Å². The molecular weight excluding hydrogens is 308 g/mol. The van der Waals surface area contributed by atoms with E-state index < -0.39 is 0 Å². The van der Waals surface area contributed by atoms with Gasteiger partial charge >= 0.3 is 0 Å². The minimum atomic E-state index is -0.0123. The molecule has 0 radical (unpaired) electrons. The first kappa shape index (κ1) is 12.2. The lowest BCUT2D eigenvalue weighted by molar-refractivity contribution is 0.414. The Labute approximate surface area is 117 Å². The van der Waals surface area contributed by atoms with E-state index in [2.05, 4.69) is 15.9 Å². The fourth-order valence-electron chi connectivity index (χ4n) is 2.15. The zero-order chi connectivity index (χ0) is 13.4. The Balaban J connectivity index is 2.49. The molecule has 0 amide bonds. The number of methoxy groups -OCH3 is 1. The third kappa shape index (κ3) is 1.92. The van der Waals surface area contributed by atoms with Gasteiger partial charge in [0, 0.05) is 17.0 Å². The predicted molar refractivity (Wildman–Crippen MR) is 79.2 cm³/mol. The summed E-state index contributed by atoms with van der Waals surface area (Å²) in [6.07, 6.45) is 0. The van der Waals surface area contributed by atoms with Gasteiger partial charge in [-0.2, -0.15) is 0 Å². The molecule has 0 aliphatic carbocycles. The molecule has 0 aliphatic rings. The Bertz CT molecular complexity index is 821. The first-order valence-corrected chi connectivity index (χ1v) is 6.95. The fourth-order valence-corrected chi connectivity index (χ4v) is 2.59. The highest BCUT2D eigenvalue weighted by molar-refractivity contribution is 9.08. The smallest absolute Gasteiger partial charge is 0.200 e. The summed E-state index contributed by atoms with van der Waals surface area (Å²) in [5.41, 5.74) is 2.12. The molecule has 0 aliphatic heterocycles. The second-order valence-corrected chi connectivity index (χ2v) is 4.78. The van der Waals surface area contributed by atoms with E-state index in [4.69, 9.17) is 9.15 Å². The predicted octanol–water partition coefficient (Wildman–Crippen LogP) is 3.85. The first-order chi connectivity index (χ1) is 9.24. The molecule has 0 fully saturated rings. The normalized spacial score (nSPS) is 11.1. The van der Waals surface area contributed by atoms with Crippen LogP contribution >= 0.6 is 15.9 Å². The van der Waals surface area contributed by atoms with E-state index in [0.717, 1.165) is 5.56 Å². The number of para-hydroxylation sites is 1. The molecule has 0 saturated carbocycles. The van der Waals surface area contributed by atoms with Crippen molar-refractivity contribution in [3.05, 3.63) is 52.2 Å². The van der Waals surface area contributed by atoms with Crippen LogP contribution in [0.3, 0.4) is 0 Å². The largest absolute Gasteiger partial charge is 0.497 e. The molecule has 2 aromatic carbocycles. The molecular formula is C15H11BrO3. The van der Waals surface area contributed by atoms with Crippen LogP contribution in [0.4, 0.5) is 0 Å². The van der Waals surface area contributed by atoms with Gasteiger partial charge in [0.1, 0.15) is 16.9 Å². The molecule has 0 saturated heterocycles. The summed E-state index contributed by atoms with van der Waals surface area (Å²) in [7, 11) is 1.59. The van der Waals surface area contributed by atoms with E-state index in [1.54, 1.807) is 31.4 Å². The van der Waals surface area contributed by atoms with Gasteiger partial charge in [-0.3, -0.25) is 4.79 Å². The number of ether oxygens (including phenoxy) is 1. The lowest BCUT2D eigenvalue weighted by atomic mass is 10.1. The van der Waals surface area contributed by atoms with Gasteiger partial charge in [-0.15, -0.1) is 0 Å². The van der Waals surface area contributed by atoms with Crippen LogP contribution in [0, 0.1) is 0 Å². The molecule has 0 N–H and O–H groups in total. The highest BCUT2D eigenvalue weighted by Gasteiger charge is 2.10. The lowest BCUT2D eigenvalue weighted by Crippen LogP contribution is -2.03. The Morgan fingerprint density at radius 3 is 2.79 bits per heavy atom. The summed E-state index contributed by atoms with van der Waals surface area (Å²) in [5.74, 6) is 0.673. The minimum absolute atomic E-state index is 0.0123. The third-order valence-corrected chi connectivity index (χ3v) is 3.73. The molecule has 1 aromatic heterocycles. The van der Waals surface area contributed by atoms with E-state index in [0.29, 0.717) is 33.0 Å². The number of hydrogen-bond acceptors (Lipinski definition) is 3.